The fourth-order valence-corrected chi connectivity index (χ4v) is 2.25. The molecule has 0 fully saturated rings. The number of amides is 1. The quantitative estimate of drug-likeness (QED) is 0.902. The molecule has 124 valence electrons. The summed E-state index contributed by atoms with van der Waals surface area (Å²) in [5, 5.41) is 17.9. The van der Waals surface area contributed by atoms with Crippen molar-refractivity contribution in [2.24, 2.45) is 0 Å². The number of hydrogen-bond acceptors (Lipinski definition) is 3. The molecular formula is C17H22ClN3O2. The molecule has 0 bridgehead atoms. The van der Waals surface area contributed by atoms with Crippen molar-refractivity contribution in [2.75, 3.05) is 0 Å². The molecule has 2 rings (SSSR count). The van der Waals surface area contributed by atoms with Crippen molar-refractivity contribution in [1.29, 1.82) is 0 Å². The molecule has 2 aromatic rings. The Hall–Kier alpha value is -1.85. The van der Waals surface area contributed by atoms with E-state index >= 15 is 0 Å². The Labute approximate surface area is 141 Å². The summed E-state index contributed by atoms with van der Waals surface area (Å²) in [6, 6.07) is 6.46. The van der Waals surface area contributed by atoms with Crippen LogP contribution in [0.4, 0.5) is 0 Å². The van der Waals surface area contributed by atoms with Crippen LogP contribution in [0.1, 0.15) is 49.7 Å². The van der Waals surface area contributed by atoms with Crippen LogP contribution in [-0.2, 0) is 5.54 Å². The van der Waals surface area contributed by atoms with E-state index in [9.17, 15) is 9.90 Å². The van der Waals surface area contributed by atoms with Gasteiger partial charge >= 0.3 is 0 Å². The zero-order valence-corrected chi connectivity index (χ0v) is 14.5. The van der Waals surface area contributed by atoms with E-state index in [-0.39, 0.29) is 11.4 Å². The lowest BCUT2D eigenvalue weighted by Gasteiger charge is -2.20. The molecule has 2 N–H and O–H groups in total. The second-order valence-corrected chi connectivity index (χ2v) is 7.04. The number of nitrogens with zero attached hydrogens (tertiary/aromatic N) is 2. The Balaban J connectivity index is 2.04. The number of aliphatic hydroxyl groups is 1. The zero-order valence-electron chi connectivity index (χ0n) is 13.7. The van der Waals surface area contributed by atoms with Crippen molar-refractivity contribution in [2.45, 2.75) is 45.4 Å². The second-order valence-electron chi connectivity index (χ2n) is 6.60. The molecule has 0 saturated carbocycles. The maximum atomic E-state index is 12.3. The summed E-state index contributed by atoms with van der Waals surface area (Å²) in [6.45, 7) is 7.78. The number of nitrogens with one attached hydrogen (secondary N) is 1. The lowest BCUT2D eigenvalue weighted by atomic mass is 10.0. The van der Waals surface area contributed by atoms with Crippen molar-refractivity contribution in [3.8, 4) is 0 Å². The van der Waals surface area contributed by atoms with Gasteiger partial charge in [-0.2, -0.15) is 5.10 Å². The van der Waals surface area contributed by atoms with E-state index in [2.05, 4.69) is 10.4 Å². The van der Waals surface area contributed by atoms with E-state index in [1.807, 2.05) is 20.8 Å². The van der Waals surface area contributed by atoms with E-state index in [1.165, 1.54) is 6.20 Å². The monoisotopic (exact) mass is 335 g/mol. The van der Waals surface area contributed by atoms with Gasteiger partial charge in [-0.1, -0.05) is 23.7 Å². The number of carbonyl (C=O) groups is 1. The van der Waals surface area contributed by atoms with Gasteiger partial charge in [-0.25, -0.2) is 0 Å². The SMILES string of the molecule is CC(NC(=O)c1cnn(C(C)(C)C)c1)C(O)c1ccc(Cl)cc1. The molecule has 1 heterocycles. The van der Waals surface area contributed by atoms with Gasteiger partial charge < -0.3 is 10.4 Å². The van der Waals surface area contributed by atoms with Crippen LogP contribution in [0.25, 0.3) is 0 Å². The van der Waals surface area contributed by atoms with Crippen LogP contribution < -0.4 is 5.32 Å². The first-order chi connectivity index (χ1) is 10.7. The van der Waals surface area contributed by atoms with Crippen molar-refractivity contribution >= 4 is 17.5 Å². The highest BCUT2D eigenvalue weighted by Crippen LogP contribution is 2.20. The van der Waals surface area contributed by atoms with Crippen LogP contribution in [0.2, 0.25) is 5.02 Å². The first kappa shape index (κ1) is 17.5. The molecule has 2 atom stereocenters. The highest BCUT2D eigenvalue weighted by Gasteiger charge is 2.21. The lowest BCUT2D eigenvalue weighted by molar-refractivity contribution is 0.0852. The summed E-state index contributed by atoms with van der Waals surface area (Å²) in [5.41, 5.74) is 0.982. The molecule has 0 saturated heterocycles. The average molecular weight is 336 g/mol. The van der Waals surface area contributed by atoms with Gasteiger partial charge in [0.15, 0.2) is 0 Å². The van der Waals surface area contributed by atoms with Crippen molar-refractivity contribution in [3.63, 3.8) is 0 Å². The smallest absolute Gasteiger partial charge is 0.254 e. The predicted molar refractivity (Wildman–Crippen MR) is 90.6 cm³/mol. The Morgan fingerprint density at radius 1 is 1.30 bits per heavy atom. The Bertz CT molecular complexity index is 674. The van der Waals surface area contributed by atoms with Crippen LogP contribution in [0.5, 0.6) is 0 Å². The Morgan fingerprint density at radius 3 is 2.43 bits per heavy atom. The molecule has 0 radical (unpaired) electrons. The molecule has 5 nitrogen and oxygen atoms in total. The summed E-state index contributed by atoms with van der Waals surface area (Å²) in [5.74, 6) is -0.263. The number of benzene rings is 1. The van der Waals surface area contributed by atoms with E-state index in [4.69, 9.17) is 11.6 Å². The van der Waals surface area contributed by atoms with Crippen molar-refractivity contribution in [1.82, 2.24) is 15.1 Å². The van der Waals surface area contributed by atoms with E-state index < -0.39 is 12.1 Å². The first-order valence-corrected chi connectivity index (χ1v) is 7.86. The highest BCUT2D eigenvalue weighted by atomic mass is 35.5. The largest absolute Gasteiger partial charge is 0.386 e. The van der Waals surface area contributed by atoms with Crippen molar-refractivity contribution < 1.29 is 9.90 Å². The molecule has 1 amide bonds. The molecular weight excluding hydrogens is 314 g/mol. The second kappa shape index (κ2) is 6.72. The van der Waals surface area contributed by atoms with Crippen LogP contribution in [0.3, 0.4) is 0 Å². The maximum absolute atomic E-state index is 12.3. The normalized spacial score (nSPS) is 14.3. The third-order valence-electron chi connectivity index (χ3n) is 3.58. The Kier molecular flexibility index (Phi) is 5.12. The average Bonchev–Trinajstić information content (AvgIpc) is 2.97. The van der Waals surface area contributed by atoms with E-state index in [1.54, 1.807) is 42.1 Å². The highest BCUT2D eigenvalue weighted by molar-refractivity contribution is 6.30. The minimum Gasteiger partial charge on any atom is -0.386 e. The molecule has 1 aromatic carbocycles. The van der Waals surface area contributed by atoms with E-state index in [0.29, 0.717) is 16.1 Å². The van der Waals surface area contributed by atoms with Gasteiger partial charge in [0.25, 0.3) is 5.91 Å². The number of aromatic nitrogens is 2. The third kappa shape index (κ3) is 4.33. The lowest BCUT2D eigenvalue weighted by Crippen LogP contribution is -2.37. The summed E-state index contributed by atoms with van der Waals surface area (Å²) in [6.07, 6.45) is 2.42. The summed E-state index contributed by atoms with van der Waals surface area (Å²) in [7, 11) is 0. The van der Waals surface area contributed by atoms with Crippen LogP contribution in [0.15, 0.2) is 36.7 Å². The number of rotatable bonds is 4. The fourth-order valence-electron chi connectivity index (χ4n) is 2.12. The molecule has 6 heteroatoms. The third-order valence-corrected chi connectivity index (χ3v) is 3.83. The first-order valence-electron chi connectivity index (χ1n) is 7.48. The summed E-state index contributed by atoms with van der Waals surface area (Å²) in [4.78, 5) is 12.3. The standard InChI is InChI=1S/C17H22ClN3O2/c1-11(15(22)12-5-7-14(18)8-6-12)20-16(23)13-9-19-21(10-13)17(2,3)4/h5-11,15,22H,1-4H3,(H,20,23). The van der Waals surface area contributed by atoms with Gasteiger partial charge in [0, 0.05) is 11.2 Å². The van der Waals surface area contributed by atoms with Gasteiger partial charge in [0.05, 0.1) is 29.4 Å². The zero-order chi connectivity index (χ0) is 17.2. The van der Waals surface area contributed by atoms with Crippen molar-refractivity contribution in [3.05, 3.63) is 52.8 Å². The summed E-state index contributed by atoms with van der Waals surface area (Å²) < 4.78 is 1.74. The number of aliphatic hydroxyl groups excluding tert-OH is 1. The minimum absolute atomic E-state index is 0.188. The topological polar surface area (TPSA) is 67.2 Å². The van der Waals surface area contributed by atoms with Gasteiger partial charge in [-0.3, -0.25) is 9.48 Å². The van der Waals surface area contributed by atoms with Crippen LogP contribution in [-0.4, -0.2) is 26.8 Å². The molecule has 0 spiro atoms. The number of hydrogen-bond donors (Lipinski definition) is 2. The summed E-state index contributed by atoms with van der Waals surface area (Å²) >= 11 is 5.84. The van der Waals surface area contributed by atoms with Gasteiger partial charge in [-0.15, -0.1) is 0 Å². The molecule has 0 aliphatic carbocycles. The Morgan fingerprint density at radius 2 is 1.91 bits per heavy atom. The molecule has 1 aromatic heterocycles. The fraction of sp³-hybridized carbons (Fsp3) is 0.412. The van der Waals surface area contributed by atoms with Gasteiger partial charge in [0.1, 0.15) is 0 Å². The van der Waals surface area contributed by atoms with Gasteiger partial charge in [-0.05, 0) is 45.4 Å². The maximum Gasteiger partial charge on any atom is 0.254 e. The molecule has 23 heavy (non-hydrogen) atoms. The number of halogens is 1. The predicted octanol–water partition coefficient (Wildman–Crippen LogP) is 3.14. The number of carbonyl (C=O) groups excluding carboxylic acids is 1. The van der Waals surface area contributed by atoms with Crippen LogP contribution in [0, 0.1) is 0 Å². The molecule has 0 aliphatic heterocycles. The van der Waals surface area contributed by atoms with Crippen LogP contribution >= 0.6 is 11.6 Å². The van der Waals surface area contributed by atoms with E-state index in [0.717, 1.165) is 0 Å². The van der Waals surface area contributed by atoms with Gasteiger partial charge in [0.2, 0.25) is 0 Å². The molecule has 2 unspecified atom stereocenters. The molecule has 0 aliphatic rings. The minimum atomic E-state index is -0.811.